The van der Waals surface area contributed by atoms with Crippen LogP contribution in [0.2, 0.25) is 0 Å². The molecule has 1 fully saturated rings. The average Bonchev–Trinajstić information content (AvgIpc) is 3.02. The van der Waals surface area contributed by atoms with Crippen molar-refractivity contribution in [2.24, 2.45) is 5.73 Å². The van der Waals surface area contributed by atoms with E-state index in [4.69, 9.17) is 32.2 Å². The van der Waals surface area contributed by atoms with Gasteiger partial charge in [0.1, 0.15) is 30.0 Å². The Labute approximate surface area is 142 Å². The smallest absolute Gasteiger partial charge is 0.186 e. The van der Waals surface area contributed by atoms with Crippen molar-refractivity contribution < 1.29 is 24.8 Å². The number of nitrogens with one attached hydrogen (secondary N) is 2. The number of hydrogen-bond donors (Lipinski definition) is 6. The number of rotatable bonds is 7. The minimum absolute atomic E-state index is 0.150. The van der Waals surface area contributed by atoms with Crippen LogP contribution in [0.3, 0.4) is 0 Å². The summed E-state index contributed by atoms with van der Waals surface area (Å²) in [6.45, 7) is -0.151. The number of halogens is 1. The predicted molar refractivity (Wildman–Crippen MR) is 82.2 cm³/mol. The maximum atomic E-state index is 10.4. The lowest BCUT2D eigenvalue weighted by Gasteiger charge is -2.41. The molecule has 136 valence electrons. The molecule has 2 heterocycles. The van der Waals surface area contributed by atoms with Crippen LogP contribution < -0.4 is 11.1 Å². The summed E-state index contributed by atoms with van der Waals surface area (Å²) in [6.07, 6.45) is -3.07. The second-order valence-electron chi connectivity index (χ2n) is 5.21. The molecule has 0 aromatic carbocycles. The van der Waals surface area contributed by atoms with Gasteiger partial charge in [-0.25, -0.2) is 4.68 Å². The number of aliphatic hydroxyl groups excluding tert-OH is 3. The topological polar surface area (TPSA) is 172 Å². The summed E-state index contributed by atoms with van der Waals surface area (Å²) < 4.78 is 12.3. The molecular formula is C12H21ClN6O5. The standard InChI is InChI=1S/C12H21ClN6O5/c13-1-2-23-11-8(10(22)9(21)7(5-20)24-11)19-4-6(17-18-19)3-16-12(14)15/h4,7-11,20-22H,1-3,5H2,(H4,14,15,16)/t7?,8?,9-,10?,11+/m1/s1. The van der Waals surface area contributed by atoms with Crippen LogP contribution in [0, 0.1) is 5.41 Å². The Hall–Kier alpha value is -1.50. The van der Waals surface area contributed by atoms with Crippen molar-refractivity contribution in [3.8, 4) is 0 Å². The van der Waals surface area contributed by atoms with Crippen LogP contribution in [-0.4, -0.2) is 80.0 Å². The molecule has 1 aromatic rings. The van der Waals surface area contributed by atoms with Gasteiger partial charge in [-0.3, -0.25) is 5.41 Å². The van der Waals surface area contributed by atoms with Crippen LogP contribution >= 0.6 is 11.6 Å². The van der Waals surface area contributed by atoms with Gasteiger partial charge in [-0.1, -0.05) is 5.21 Å². The van der Waals surface area contributed by atoms with Crippen LogP contribution in [0.5, 0.6) is 0 Å². The number of aromatic nitrogens is 3. The molecule has 0 bridgehead atoms. The lowest BCUT2D eigenvalue weighted by Crippen LogP contribution is -2.57. The van der Waals surface area contributed by atoms with Crippen molar-refractivity contribution in [2.45, 2.75) is 37.2 Å². The lowest BCUT2D eigenvalue weighted by atomic mass is 9.97. The number of ether oxygens (including phenoxy) is 2. The zero-order valence-electron chi connectivity index (χ0n) is 12.7. The van der Waals surface area contributed by atoms with Crippen molar-refractivity contribution >= 4 is 17.6 Å². The largest absolute Gasteiger partial charge is 0.394 e. The minimum atomic E-state index is -1.32. The van der Waals surface area contributed by atoms with Gasteiger partial charge in [0.15, 0.2) is 12.2 Å². The Morgan fingerprint density at radius 1 is 1.50 bits per heavy atom. The van der Waals surface area contributed by atoms with Gasteiger partial charge in [0.25, 0.3) is 0 Å². The van der Waals surface area contributed by atoms with Crippen LogP contribution in [0.4, 0.5) is 0 Å². The van der Waals surface area contributed by atoms with E-state index >= 15 is 0 Å². The first-order valence-corrected chi connectivity index (χ1v) is 7.80. The molecule has 5 atom stereocenters. The second kappa shape index (κ2) is 8.55. The van der Waals surface area contributed by atoms with Crippen molar-refractivity contribution in [1.82, 2.24) is 20.3 Å². The van der Waals surface area contributed by atoms with Gasteiger partial charge >= 0.3 is 0 Å². The van der Waals surface area contributed by atoms with Crippen LogP contribution in [0.15, 0.2) is 6.20 Å². The van der Waals surface area contributed by atoms with Gasteiger partial charge in [0.2, 0.25) is 0 Å². The molecule has 0 spiro atoms. The number of aliphatic hydroxyl groups is 3. The second-order valence-corrected chi connectivity index (χ2v) is 5.59. The van der Waals surface area contributed by atoms with Gasteiger partial charge in [0, 0.05) is 5.88 Å². The highest BCUT2D eigenvalue weighted by atomic mass is 35.5. The maximum absolute atomic E-state index is 10.4. The maximum Gasteiger partial charge on any atom is 0.186 e. The molecule has 24 heavy (non-hydrogen) atoms. The Kier molecular flexibility index (Phi) is 6.71. The number of nitrogens with two attached hydrogens (primary N) is 1. The molecular weight excluding hydrogens is 344 g/mol. The first-order valence-electron chi connectivity index (χ1n) is 7.26. The van der Waals surface area contributed by atoms with Gasteiger partial charge < -0.3 is 35.8 Å². The van der Waals surface area contributed by atoms with E-state index in [1.165, 1.54) is 10.9 Å². The number of guanidine groups is 1. The minimum Gasteiger partial charge on any atom is -0.394 e. The van der Waals surface area contributed by atoms with Gasteiger partial charge in [-0.15, -0.1) is 16.7 Å². The van der Waals surface area contributed by atoms with E-state index in [9.17, 15) is 15.3 Å². The summed E-state index contributed by atoms with van der Waals surface area (Å²) in [7, 11) is 0. The van der Waals surface area contributed by atoms with E-state index < -0.39 is 37.3 Å². The third-order valence-electron chi connectivity index (χ3n) is 3.53. The van der Waals surface area contributed by atoms with Crippen molar-refractivity contribution in [3.63, 3.8) is 0 Å². The molecule has 11 nitrogen and oxygen atoms in total. The highest BCUT2D eigenvalue weighted by molar-refractivity contribution is 6.17. The summed E-state index contributed by atoms with van der Waals surface area (Å²) >= 11 is 5.61. The summed E-state index contributed by atoms with van der Waals surface area (Å²) in [5.41, 5.74) is 5.67. The Morgan fingerprint density at radius 2 is 2.25 bits per heavy atom. The highest BCUT2D eigenvalue weighted by Crippen LogP contribution is 2.30. The Morgan fingerprint density at radius 3 is 2.88 bits per heavy atom. The third kappa shape index (κ3) is 4.32. The lowest BCUT2D eigenvalue weighted by molar-refractivity contribution is -0.280. The monoisotopic (exact) mass is 364 g/mol. The SMILES string of the molecule is N=C(N)NCc1cn(C2C(O)[C@H](O)C(CO)O[C@@H]2OCCCl)nn1. The van der Waals surface area contributed by atoms with E-state index in [-0.39, 0.29) is 25.0 Å². The van der Waals surface area contributed by atoms with Crippen LogP contribution in [-0.2, 0) is 16.0 Å². The fraction of sp³-hybridized carbons (Fsp3) is 0.750. The molecule has 0 aliphatic carbocycles. The predicted octanol–water partition coefficient (Wildman–Crippen LogP) is -2.50. The van der Waals surface area contributed by atoms with E-state index in [0.29, 0.717) is 5.69 Å². The van der Waals surface area contributed by atoms with Crippen molar-refractivity contribution in [2.75, 3.05) is 19.1 Å². The van der Waals surface area contributed by atoms with E-state index in [2.05, 4.69) is 15.6 Å². The van der Waals surface area contributed by atoms with E-state index in [1.807, 2.05) is 0 Å². The summed E-state index contributed by atoms with van der Waals surface area (Å²) in [4.78, 5) is 0. The first-order chi connectivity index (χ1) is 11.5. The fourth-order valence-corrected chi connectivity index (χ4v) is 2.46. The van der Waals surface area contributed by atoms with Crippen molar-refractivity contribution in [3.05, 3.63) is 11.9 Å². The number of nitrogens with zero attached hydrogens (tertiary/aromatic N) is 3. The molecule has 3 unspecified atom stereocenters. The number of hydrogen-bond acceptors (Lipinski definition) is 8. The molecule has 12 heteroatoms. The zero-order chi connectivity index (χ0) is 17.7. The molecule has 0 saturated carbocycles. The molecule has 0 amide bonds. The van der Waals surface area contributed by atoms with Gasteiger partial charge in [0.05, 0.1) is 26.0 Å². The summed E-state index contributed by atoms with van der Waals surface area (Å²) in [5, 5.41) is 47.2. The molecule has 7 N–H and O–H groups in total. The van der Waals surface area contributed by atoms with E-state index in [0.717, 1.165) is 0 Å². The summed E-state index contributed by atoms with van der Waals surface area (Å²) in [6, 6.07) is -0.885. The molecule has 1 aliphatic heterocycles. The summed E-state index contributed by atoms with van der Waals surface area (Å²) in [5.74, 6) is -0.00436. The molecule has 1 saturated heterocycles. The zero-order valence-corrected chi connectivity index (χ0v) is 13.5. The fourth-order valence-electron chi connectivity index (χ4n) is 2.37. The molecule has 0 radical (unpaired) electrons. The number of alkyl halides is 1. The molecule has 1 aliphatic rings. The van der Waals surface area contributed by atoms with Crippen LogP contribution in [0.25, 0.3) is 0 Å². The Bertz CT molecular complexity index is 546. The Balaban J connectivity index is 2.18. The molecule has 2 rings (SSSR count). The highest BCUT2D eigenvalue weighted by Gasteiger charge is 2.46. The normalized spacial score (nSPS) is 30.2. The quantitative estimate of drug-likeness (QED) is 0.174. The van der Waals surface area contributed by atoms with Crippen LogP contribution in [0.1, 0.15) is 11.7 Å². The van der Waals surface area contributed by atoms with Crippen molar-refractivity contribution in [1.29, 1.82) is 5.41 Å². The van der Waals surface area contributed by atoms with E-state index in [1.54, 1.807) is 0 Å². The average molecular weight is 365 g/mol. The third-order valence-corrected chi connectivity index (χ3v) is 3.69. The first kappa shape index (κ1) is 18.8. The van der Waals surface area contributed by atoms with Gasteiger partial charge in [-0.2, -0.15) is 0 Å². The molecule has 1 aromatic heterocycles. The van der Waals surface area contributed by atoms with Gasteiger partial charge in [-0.05, 0) is 0 Å².